The number of amides is 1. The lowest BCUT2D eigenvalue weighted by Gasteiger charge is -2.30. The fraction of sp³-hybridized carbons (Fsp3) is 0.381. The maximum absolute atomic E-state index is 12.8. The second-order valence-electron chi connectivity index (χ2n) is 7.10. The van der Waals surface area contributed by atoms with Gasteiger partial charge in [-0.2, -0.15) is 0 Å². The Morgan fingerprint density at radius 1 is 0.960 bits per heavy atom. The second kappa shape index (κ2) is 8.03. The molecule has 2 atom stereocenters. The highest BCUT2D eigenvalue weighted by molar-refractivity contribution is 5.96. The van der Waals surface area contributed by atoms with Gasteiger partial charge in [-0.1, -0.05) is 48.5 Å². The summed E-state index contributed by atoms with van der Waals surface area (Å²) in [5.41, 5.74) is 3.14. The van der Waals surface area contributed by atoms with Crippen molar-refractivity contribution < 1.29 is 4.79 Å². The molecule has 0 aromatic heterocycles. The summed E-state index contributed by atoms with van der Waals surface area (Å²) in [5, 5.41) is 6.91. The maximum Gasteiger partial charge on any atom is 0.251 e. The molecule has 2 aromatic carbocycles. The van der Waals surface area contributed by atoms with Crippen molar-refractivity contribution in [1.82, 2.24) is 10.6 Å². The van der Waals surface area contributed by atoms with E-state index in [-0.39, 0.29) is 18.3 Å². The van der Waals surface area contributed by atoms with Gasteiger partial charge in [0.2, 0.25) is 0 Å². The van der Waals surface area contributed by atoms with Crippen molar-refractivity contribution in [2.45, 2.75) is 50.2 Å². The van der Waals surface area contributed by atoms with Gasteiger partial charge in [-0.15, -0.1) is 12.4 Å². The Morgan fingerprint density at radius 3 is 2.32 bits per heavy atom. The predicted molar refractivity (Wildman–Crippen MR) is 103 cm³/mol. The van der Waals surface area contributed by atoms with Gasteiger partial charge in [0.1, 0.15) is 0 Å². The average Bonchev–Trinajstić information content (AvgIpc) is 2.95. The van der Waals surface area contributed by atoms with E-state index in [4.69, 9.17) is 0 Å². The summed E-state index contributed by atoms with van der Waals surface area (Å²) >= 11 is 0. The summed E-state index contributed by atoms with van der Waals surface area (Å²) in [5.74, 6) is 0.0767. The zero-order valence-electron chi connectivity index (χ0n) is 14.3. The number of fused-ring (bicyclic) bond motifs is 2. The zero-order chi connectivity index (χ0) is 16.4. The number of rotatable bonds is 4. The van der Waals surface area contributed by atoms with Crippen molar-refractivity contribution in [1.29, 1.82) is 0 Å². The van der Waals surface area contributed by atoms with Crippen LogP contribution in [0.4, 0.5) is 0 Å². The summed E-state index contributed by atoms with van der Waals surface area (Å²) < 4.78 is 0. The minimum Gasteiger partial charge on any atom is -0.349 e. The van der Waals surface area contributed by atoms with Crippen molar-refractivity contribution in [3.05, 3.63) is 71.3 Å². The first-order chi connectivity index (χ1) is 11.8. The molecule has 4 rings (SSSR count). The summed E-state index contributed by atoms with van der Waals surface area (Å²) in [6.07, 6.45) is 5.41. The van der Waals surface area contributed by atoms with Crippen molar-refractivity contribution in [2.75, 3.05) is 0 Å². The Kier molecular flexibility index (Phi) is 5.77. The van der Waals surface area contributed by atoms with Gasteiger partial charge < -0.3 is 10.6 Å². The number of hydrogen-bond donors (Lipinski definition) is 2. The van der Waals surface area contributed by atoms with Crippen molar-refractivity contribution in [3.8, 4) is 0 Å². The molecule has 2 heterocycles. The molecule has 2 fully saturated rings. The monoisotopic (exact) mass is 356 g/mol. The molecule has 2 aliphatic rings. The smallest absolute Gasteiger partial charge is 0.251 e. The molecule has 0 spiro atoms. The van der Waals surface area contributed by atoms with E-state index in [2.05, 4.69) is 28.8 Å². The minimum absolute atomic E-state index is 0. The van der Waals surface area contributed by atoms with Crippen LogP contribution < -0.4 is 10.6 Å². The fourth-order valence-corrected chi connectivity index (χ4v) is 4.15. The van der Waals surface area contributed by atoms with Crippen LogP contribution in [-0.4, -0.2) is 24.0 Å². The molecule has 0 aliphatic carbocycles. The predicted octanol–water partition coefficient (Wildman–Crippen LogP) is 3.71. The third-order valence-electron chi connectivity index (χ3n) is 5.31. The molecule has 2 unspecified atom stereocenters. The van der Waals surface area contributed by atoms with E-state index < -0.39 is 0 Å². The van der Waals surface area contributed by atoms with Gasteiger partial charge >= 0.3 is 0 Å². The molecule has 2 aromatic rings. The number of hydrogen-bond acceptors (Lipinski definition) is 2. The van der Waals surface area contributed by atoms with Crippen LogP contribution in [0.1, 0.15) is 47.2 Å². The van der Waals surface area contributed by atoms with Crippen molar-refractivity contribution >= 4 is 18.3 Å². The lowest BCUT2D eigenvalue weighted by atomic mass is 9.97. The topological polar surface area (TPSA) is 41.1 Å². The highest BCUT2D eigenvalue weighted by atomic mass is 35.5. The third-order valence-corrected chi connectivity index (χ3v) is 5.31. The van der Waals surface area contributed by atoms with Crippen LogP contribution in [0, 0.1) is 0 Å². The molecule has 0 saturated carbocycles. The van der Waals surface area contributed by atoms with Crippen molar-refractivity contribution in [3.63, 3.8) is 0 Å². The quantitative estimate of drug-likeness (QED) is 0.876. The van der Waals surface area contributed by atoms with E-state index in [0.29, 0.717) is 18.1 Å². The standard InChI is InChI=1S/C21H24N2O.ClH/c24-21(23-19-13-17-10-11-18(14-19)22-17)20-9-5-4-8-16(20)12-15-6-2-1-3-7-15;/h1-9,17-19,22H,10-14H2,(H,23,24);1H. The van der Waals surface area contributed by atoms with Crippen LogP contribution >= 0.6 is 12.4 Å². The van der Waals surface area contributed by atoms with E-state index >= 15 is 0 Å². The largest absolute Gasteiger partial charge is 0.349 e. The minimum atomic E-state index is 0. The first kappa shape index (κ1) is 18.0. The molecule has 4 heteroatoms. The van der Waals surface area contributed by atoms with Crippen molar-refractivity contribution in [2.24, 2.45) is 0 Å². The third kappa shape index (κ3) is 4.23. The molecule has 2 aliphatic heterocycles. The molecule has 1 amide bonds. The highest BCUT2D eigenvalue weighted by Crippen LogP contribution is 2.27. The first-order valence-electron chi connectivity index (χ1n) is 8.96. The van der Waals surface area contributed by atoms with Gasteiger partial charge in [0.15, 0.2) is 0 Å². The Balaban J connectivity index is 0.00000182. The van der Waals surface area contributed by atoms with Crippen LogP contribution in [0.5, 0.6) is 0 Å². The molecule has 3 nitrogen and oxygen atoms in total. The van der Waals surface area contributed by atoms with Gasteiger partial charge in [-0.25, -0.2) is 0 Å². The summed E-state index contributed by atoms with van der Waals surface area (Å²) in [7, 11) is 0. The van der Waals surface area contributed by atoms with Crippen LogP contribution in [0.2, 0.25) is 0 Å². The average molecular weight is 357 g/mol. The number of carbonyl (C=O) groups is 1. The number of halogens is 1. The van der Waals surface area contributed by atoms with Crippen LogP contribution in [0.3, 0.4) is 0 Å². The summed E-state index contributed by atoms with van der Waals surface area (Å²) in [6, 6.07) is 19.8. The SMILES string of the molecule is Cl.O=C(NC1CC2CCC(C1)N2)c1ccccc1Cc1ccccc1. The van der Waals surface area contributed by atoms with Gasteiger partial charge in [-0.05, 0) is 49.3 Å². The van der Waals surface area contributed by atoms with E-state index in [1.54, 1.807) is 0 Å². The molecule has 2 saturated heterocycles. The molecule has 2 N–H and O–H groups in total. The maximum atomic E-state index is 12.8. The summed E-state index contributed by atoms with van der Waals surface area (Å²) in [6.45, 7) is 0. The Morgan fingerprint density at radius 2 is 1.60 bits per heavy atom. The van der Waals surface area contributed by atoms with Crippen LogP contribution in [0.25, 0.3) is 0 Å². The molecule has 25 heavy (non-hydrogen) atoms. The normalized spacial score (nSPS) is 24.4. The zero-order valence-corrected chi connectivity index (χ0v) is 15.1. The number of piperidine rings is 1. The lowest BCUT2D eigenvalue weighted by Crippen LogP contribution is -2.48. The van der Waals surface area contributed by atoms with E-state index in [0.717, 1.165) is 30.4 Å². The van der Waals surface area contributed by atoms with Gasteiger partial charge in [-0.3, -0.25) is 4.79 Å². The van der Waals surface area contributed by atoms with E-state index in [1.165, 1.54) is 18.4 Å². The van der Waals surface area contributed by atoms with E-state index in [1.807, 2.05) is 36.4 Å². The molecule has 0 radical (unpaired) electrons. The molecule has 132 valence electrons. The first-order valence-corrected chi connectivity index (χ1v) is 8.96. The highest BCUT2D eigenvalue weighted by Gasteiger charge is 2.34. The second-order valence-corrected chi connectivity index (χ2v) is 7.10. The number of nitrogens with one attached hydrogen (secondary N) is 2. The van der Waals surface area contributed by atoms with Crippen LogP contribution in [0.15, 0.2) is 54.6 Å². The van der Waals surface area contributed by atoms with E-state index in [9.17, 15) is 4.79 Å². The lowest BCUT2D eigenvalue weighted by molar-refractivity contribution is 0.0923. The van der Waals surface area contributed by atoms with Crippen LogP contribution in [-0.2, 0) is 6.42 Å². The number of benzene rings is 2. The Hall–Kier alpha value is -1.84. The van der Waals surface area contributed by atoms with Gasteiger partial charge in [0, 0.05) is 23.7 Å². The Labute approximate surface area is 155 Å². The fourth-order valence-electron chi connectivity index (χ4n) is 4.15. The summed E-state index contributed by atoms with van der Waals surface area (Å²) in [4.78, 5) is 12.8. The molecular formula is C21H25ClN2O. The molecular weight excluding hydrogens is 332 g/mol. The molecule has 2 bridgehead atoms. The number of carbonyl (C=O) groups excluding carboxylic acids is 1. The Bertz CT molecular complexity index is 707. The van der Waals surface area contributed by atoms with Gasteiger partial charge in [0.05, 0.1) is 0 Å². The van der Waals surface area contributed by atoms with Gasteiger partial charge in [0.25, 0.3) is 5.91 Å².